The van der Waals surface area contributed by atoms with Crippen LogP contribution >= 0.6 is 0 Å². The van der Waals surface area contributed by atoms with E-state index in [0.717, 1.165) is 12.3 Å². The van der Waals surface area contributed by atoms with Crippen LogP contribution in [0.3, 0.4) is 0 Å². The van der Waals surface area contributed by atoms with Crippen molar-refractivity contribution >= 4 is 0 Å². The summed E-state index contributed by atoms with van der Waals surface area (Å²) in [4.78, 5) is 0. The molecule has 0 radical (unpaired) electrons. The second kappa shape index (κ2) is 5.36. The minimum absolute atomic E-state index is 0.185. The van der Waals surface area contributed by atoms with Crippen molar-refractivity contribution in [2.75, 3.05) is 7.05 Å². The molecule has 0 rings (SSSR count). The van der Waals surface area contributed by atoms with Gasteiger partial charge in [-0.3, -0.25) is 0 Å². The number of rotatable bonds is 5. The van der Waals surface area contributed by atoms with Crippen LogP contribution < -0.4 is 5.32 Å². The lowest BCUT2D eigenvalue weighted by Crippen LogP contribution is -2.38. The van der Waals surface area contributed by atoms with E-state index in [1.807, 2.05) is 7.05 Å². The molecule has 12 heavy (non-hydrogen) atoms. The third-order valence-electron chi connectivity index (χ3n) is 2.12. The van der Waals surface area contributed by atoms with Crippen LogP contribution in [0, 0.1) is 5.92 Å². The molecule has 0 bridgehead atoms. The first-order chi connectivity index (χ1) is 5.54. The highest BCUT2D eigenvalue weighted by molar-refractivity contribution is 5.03. The number of likely N-dealkylation sites (N-methyl/N-ethyl adjacent to an activating group) is 1. The Bertz CT molecular complexity index is 138. The van der Waals surface area contributed by atoms with E-state index < -0.39 is 0 Å². The summed E-state index contributed by atoms with van der Waals surface area (Å²) in [5.41, 5.74) is 0.185. The maximum atomic E-state index is 3.36. The maximum Gasteiger partial charge on any atom is 0.0335 e. The lowest BCUT2D eigenvalue weighted by molar-refractivity contribution is 0.379. The van der Waals surface area contributed by atoms with Gasteiger partial charge in [0.15, 0.2) is 0 Å². The van der Waals surface area contributed by atoms with E-state index in [-0.39, 0.29) is 5.54 Å². The van der Waals surface area contributed by atoms with Gasteiger partial charge in [-0.05, 0) is 32.7 Å². The van der Waals surface area contributed by atoms with Crippen molar-refractivity contribution in [3.05, 3.63) is 12.2 Å². The zero-order chi connectivity index (χ0) is 9.61. The average molecular weight is 169 g/mol. The van der Waals surface area contributed by atoms with E-state index >= 15 is 0 Å². The second-order valence-electron chi connectivity index (χ2n) is 4.08. The molecule has 0 fully saturated rings. The van der Waals surface area contributed by atoms with Crippen LogP contribution in [0.2, 0.25) is 0 Å². The smallest absolute Gasteiger partial charge is 0.0335 e. The van der Waals surface area contributed by atoms with Crippen LogP contribution in [-0.4, -0.2) is 12.6 Å². The van der Waals surface area contributed by atoms with Crippen LogP contribution in [0.15, 0.2) is 12.2 Å². The fourth-order valence-corrected chi connectivity index (χ4v) is 1.48. The number of allylic oxidation sites excluding steroid dienone is 1. The SMILES string of the molecule is CC/C=C\C(C)(CC(C)C)NC. The fraction of sp³-hybridized carbons (Fsp3) is 0.818. The quantitative estimate of drug-likeness (QED) is 0.624. The van der Waals surface area contributed by atoms with Gasteiger partial charge in [-0.2, -0.15) is 0 Å². The number of nitrogens with one attached hydrogen (secondary N) is 1. The first-order valence-electron chi connectivity index (χ1n) is 4.90. The van der Waals surface area contributed by atoms with Crippen LogP contribution in [0.1, 0.15) is 40.5 Å². The highest BCUT2D eigenvalue weighted by atomic mass is 14.9. The highest BCUT2D eigenvalue weighted by Crippen LogP contribution is 2.17. The van der Waals surface area contributed by atoms with Gasteiger partial charge in [0.25, 0.3) is 0 Å². The number of hydrogen-bond acceptors (Lipinski definition) is 1. The van der Waals surface area contributed by atoms with Gasteiger partial charge in [0.05, 0.1) is 0 Å². The Kier molecular flexibility index (Phi) is 5.23. The Morgan fingerprint density at radius 2 is 2.00 bits per heavy atom. The van der Waals surface area contributed by atoms with Crippen molar-refractivity contribution in [1.29, 1.82) is 0 Å². The molecular formula is C11H23N. The predicted molar refractivity (Wildman–Crippen MR) is 56.4 cm³/mol. The summed E-state index contributed by atoms with van der Waals surface area (Å²) in [6.45, 7) is 8.94. The molecule has 1 atom stereocenters. The molecular weight excluding hydrogens is 146 g/mol. The summed E-state index contributed by atoms with van der Waals surface area (Å²) in [6.07, 6.45) is 6.83. The largest absolute Gasteiger partial charge is 0.311 e. The van der Waals surface area contributed by atoms with Crippen LogP contribution in [0.5, 0.6) is 0 Å². The molecule has 1 N–H and O–H groups in total. The monoisotopic (exact) mass is 169 g/mol. The second-order valence-corrected chi connectivity index (χ2v) is 4.08. The van der Waals surface area contributed by atoms with Crippen molar-refractivity contribution in [3.8, 4) is 0 Å². The molecule has 1 nitrogen and oxygen atoms in total. The van der Waals surface area contributed by atoms with Gasteiger partial charge in [0.2, 0.25) is 0 Å². The van der Waals surface area contributed by atoms with Gasteiger partial charge in [-0.15, -0.1) is 0 Å². The molecule has 0 aromatic heterocycles. The maximum absolute atomic E-state index is 3.36. The normalized spacial score (nSPS) is 17.2. The van der Waals surface area contributed by atoms with E-state index in [9.17, 15) is 0 Å². The zero-order valence-electron chi connectivity index (χ0n) is 9.15. The molecule has 1 heteroatoms. The predicted octanol–water partition coefficient (Wildman–Crippen LogP) is 2.98. The van der Waals surface area contributed by atoms with Crippen molar-refractivity contribution in [1.82, 2.24) is 5.32 Å². The van der Waals surface area contributed by atoms with Crippen LogP contribution in [0.4, 0.5) is 0 Å². The van der Waals surface area contributed by atoms with Gasteiger partial charge < -0.3 is 5.32 Å². The Labute approximate surface area is 77.2 Å². The van der Waals surface area contributed by atoms with Crippen molar-refractivity contribution in [2.45, 2.75) is 46.1 Å². The van der Waals surface area contributed by atoms with Gasteiger partial charge in [0.1, 0.15) is 0 Å². The summed E-state index contributed by atoms with van der Waals surface area (Å²) in [5.74, 6) is 0.740. The molecule has 0 aromatic rings. The molecule has 0 aliphatic carbocycles. The minimum atomic E-state index is 0.185. The van der Waals surface area contributed by atoms with Crippen molar-refractivity contribution < 1.29 is 0 Å². The Morgan fingerprint density at radius 1 is 1.42 bits per heavy atom. The van der Waals surface area contributed by atoms with Crippen molar-refractivity contribution in [3.63, 3.8) is 0 Å². The van der Waals surface area contributed by atoms with E-state index in [1.165, 1.54) is 6.42 Å². The van der Waals surface area contributed by atoms with E-state index in [0.29, 0.717) is 0 Å². The Morgan fingerprint density at radius 3 is 2.33 bits per heavy atom. The topological polar surface area (TPSA) is 12.0 Å². The Hall–Kier alpha value is -0.300. The summed E-state index contributed by atoms with van der Waals surface area (Å²) >= 11 is 0. The molecule has 0 amide bonds. The van der Waals surface area contributed by atoms with Gasteiger partial charge in [0, 0.05) is 5.54 Å². The molecule has 0 aliphatic rings. The highest BCUT2D eigenvalue weighted by Gasteiger charge is 2.18. The number of hydrogen-bond donors (Lipinski definition) is 1. The summed E-state index contributed by atoms with van der Waals surface area (Å²) in [5, 5.41) is 3.36. The van der Waals surface area contributed by atoms with Crippen molar-refractivity contribution in [2.24, 2.45) is 5.92 Å². The fourth-order valence-electron chi connectivity index (χ4n) is 1.48. The first-order valence-corrected chi connectivity index (χ1v) is 4.90. The lowest BCUT2D eigenvalue weighted by Gasteiger charge is -2.27. The standard InChI is InChI=1S/C11H23N/c1-6-7-8-11(4,12-5)9-10(2)3/h7-8,10,12H,6,9H2,1-5H3/b8-7-. The molecule has 1 unspecified atom stereocenters. The molecule has 0 spiro atoms. The van der Waals surface area contributed by atoms with Gasteiger partial charge >= 0.3 is 0 Å². The lowest BCUT2D eigenvalue weighted by atomic mass is 9.90. The van der Waals surface area contributed by atoms with Crippen LogP contribution in [-0.2, 0) is 0 Å². The van der Waals surface area contributed by atoms with E-state index in [1.54, 1.807) is 0 Å². The first kappa shape index (κ1) is 11.7. The van der Waals surface area contributed by atoms with E-state index in [2.05, 4.69) is 45.2 Å². The molecule has 0 saturated carbocycles. The third-order valence-corrected chi connectivity index (χ3v) is 2.12. The van der Waals surface area contributed by atoms with Gasteiger partial charge in [-0.1, -0.05) is 32.9 Å². The van der Waals surface area contributed by atoms with Crippen LogP contribution in [0.25, 0.3) is 0 Å². The zero-order valence-corrected chi connectivity index (χ0v) is 9.15. The minimum Gasteiger partial charge on any atom is -0.311 e. The Balaban J connectivity index is 4.13. The molecule has 72 valence electrons. The molecule has 0 saturated heterocycles. The summed E-state index contributed by atoms with van der Waals surface area (Å²) in [6, 6.07) is 0. The molecule has 0 heterocycles. The molecule has 0 aromatic carbocycles. The third kappa shape index (κ3) is 4.55. The summed E-state index contributed by atoms with van der Waals surface area (Å²) in [7, 11) is 2.03. The van der Waals surface area contributed by atoms with E-state index in [4.69, 9.17) is 0 Å². The van der Waals surface area contributed by atoms with Gasteiger partial charge in [-0.25, -0.2) is 0 Å². The summed E-state index contributed by atoms with van der Waals surface area (Å²) < 4.78 is 0. The molecule has 0 aliphatic heterocycles. The average Bonchev–Trinajstić information content (AvgIpc) is 2.00.